The van der Waals surface area contributed by atoms with E-state index in [1.807, 2.05) is 0 Å². The minimum atomic E-state index is 0.391. The molecule has 2 atom stereocenters. The summed E-state index contributed by atoms with van der Waals surface area (Å²) in [4.78, 5) is 18.8. The van der Waals surface area contributed by atoms with Crippen LogP contribution in [0.3, 0.4) is 0 Å². The number of thiophene rings is 1. The molecule has 3 heterocycles. The summed E-state index contributed by atoms with van der Waals surface area (Å²) >= 11 is 1.80. The minimum Gasteiger partial charge on any atom is -0.338 e. The average molecular weight is 321 g/mol. The lowest BCUT2D eigenvalue weighted by atomic mass is 10.0. The normalized spacial score (nSPS) is 26.0. The molecule has 0 N–H and O–H groups in total. The molecule has 0 aliphatic carbocycles. The number of hydrogen-bond donors (Lipinski definition) is 0. The number of nitrogens with zero attached hydrogens (tertiary/aromatic N) is 2. The van der Waals surface area contributed by atoms with Crippen molar-refractivity contribution >= 4 is 17.2 Å². The Hall–Kier alpha value is -0.870. The number of likely N-dealkylation sites (N-methyl/N-ethyl adjacent to an activating group) is 1. The first kappa shape index (κ1) is 16.0. The van der Waals surface area contributed by atoms with Gasteiger partial charge < -0.3 is 4.90 Å². The van der Waals surface area contributed by atoms with Crippen molar-refractivity contribution in [1.82, 2.24) is 9.80 Å². The van der Waals surface area contributed by atoms with Crippen molar-refractivity contribution in [2.24, 2.45) is 0 Å². The van der Waals surface area contributed by atoms with E-state index in [2.05, 4.69) is 34.2 Å². The molecule has 1 aromatic rings. The van der Waals surface area contributed by atoms with E-state index in [-0.39, 0.29) is 0 Å². The van der Waals surface area contributed by atoms with E-state index >= 15 is 0 Å². The van der Waals surface area contributed by atoms with Crippen LogP contribution in [0.2, 0.25) is 0 Å². The maximum Gasteiger partial charge on any atom is 0.222 e. The van der Waals surface area contributed by atoms with Crippen molar-refractivity contribution in [3.63, 3.8) is 0 Å². The van der Waals surface area contributed by atoms with Gasteiger partial charge >= 0.3 is 0 Å². The Morgan fingerprint density at radius 3 is 2.86 bits per heavy atom. The number of likely N-dealkylation sites (tertiary alicyclic amines) is 2. The Balaban J connectivity index is 1.52. The standard InChI is InChI=1S/C18H28N2OS/c1-2-19-12-4-9-16(19)17-10-5-13-20(17)18(21)11-3-7-15-8-6-14-22-15/h6,8,14,16-17H,2-5,7,9-13H2,1H3/t16-,17-/m1/s1. The van der Waals surface area contributed by atoms with Crippen molar-refractivity contribution in [2.45, 2.75) is 64.0 Å². The second-order valence-corrected chi connectivity index (χ2v) is 7.60. The van der Waals surface area contributed by atoms with Gasteiger partial charge in [-0.05, 0) is 63.1 Å². The molecule has 2 aliphatic heterocycles. The lowest BCUT2D eigenvalue weighted by molar-refractivity contribution is -0.133. The van der Waals surface area contributed by atoms with Crippen molar-refractivity contribution in [2.75, 3.05) is 19.6 Å². The molecule has 0 unspecified atom stereocenters. The Morgan fingerprint density at radius 1 is 1.27 bits per heavy atom. The lowest BCUT2D eigenvalue weighted by Gasteiger charge is -2.34. The number of hydrogen-bond acceptors (Lipinski definition) is 3. The first-order valence-corrected chi connectivity index (χ1v) is 9.73. The molecule has 0 aromatic carbocycles. The summed E-state index contributed by atoms with van der Waals surface area (Å²) in [5.74, 6) is 0.391. The molecule has 3 rings (SSSR count). The zero-order chi connectivity index (χ0) is 15.4. The third-order valence-electron chi connectivity index (χ3n) is 5.28. The SMILES string of the molecule is CCN1CCC[C@@H]1[C@H]1CCCN1C(=O)CCCc1cccs1. The van der Waals surface area contributed by atoms with Crippen LogP contribution in [0.4, 0.5) is 0 Å². The van der Waals surface area contributed by atoms with E-state index in [1.54, 1.807) is 11.3 Å². The number of aryl methyl sites for hydroxylation is 1. The van der Waals surface area contributed by atoms with Crippen molar-refractivity contribution < 1.29 is 4.79 Å². The van der Waals surface area contributed by atoms with Gasteiger partial charge in [-0.1, -0.05) is 13.0 Å². The number of carbonyl (C=O) groups excluding carboxylic acids is 1. The molecule has 2 aliphatic rings. The van der Waals surface area contributed by atoms with Crippen LogP contribution in [0.15, 0.2) is 17.5 Å². The van der Waals surface area contributed by atoms with E-state index in [0.29, 0.717) is 24.4 Å². The van der Waals surface area contributed by atoms with Crippen LogP contribution in [0.5, 0.6) is 0 Å². The van der Waals surface area contributed by atoms with Crippen LogP contribution >= 0.6 is 11.3 Å². The third kappa shape index (κ3) is 3.54. The molecule has 1 aromatic heterocycles. The first-order chi connectivity index (χ1) is 10.8. The predicted octanol–water partition coefficient (Wildman–Crippen LogP) is 3.55. The maximum absolute atomic E-state index is 12.6. The molecule has 4 heteroatoms. The van der Waals surface area contributed by atoms with Crippen LogP contribution in [0.1, 0.15) is 50.3 Å². The number of carbonyl (C=O) groups is 1. The molecule has 2 saturated heterocycles. The topological polar surface area (TPSA) is 23.6 Å². The second kappa shape index (κ2) is 7.60. The van der Waals surface area contributed by atoms with Crippen LogP contribution in [0.25, 0.3) is 0 Å². The number of amides is 1. The summed E-state index contributed by atoms with van der Waals surface area (Å²) in [6.07, 6.45) is 7.73. The minimum absolute atomic E-state index is 0.391. The second-order valence-electron chi connectivity index (χ2n) is 6.57. The van der Waals surface area contributed by atoms with Crippen LogP contribution in [-0.4, -0.2) is 47.4 Å². The highest BCUT2D eigenvalue weighted by molar-refractivity contribution is 7.09. The molecule has 2 fully saturated rings. The third-order valence-corrected chi connectivity index (χ3v) is 6.21. The zero-order valence-electron chi connectivity index (χ0n) is 13.7. The average Bonchev–Trinajstić information content (AvgIpc) is 3.26. The summed E-state index contributed by atoms with van der Waals surface area (Å²) in [6, 6.07) is 5.37. The Morgan fingerprint density at radius 2 is 2.09 bits per heavy atom. The highest BCUT2D eigenvalue weighted by Crippen LogP contribution is 2.30. The summed E-state index contributed by atoms with van der Waals surface area (Å²) in [5.41, 5.74) is 0. The Kier molecular flexibility index (Phi) is 5.53. The van der Waals surface area contributed by atoms with Crippen molar-refractivity contribution in [3.8, 4) is 0 Å². The van der Waals surface area contributed by atoms with Crippen LogP contribution < -0.4 is 0 Å². The van der Waals surface area contributed by atoms with E-state index in [9.17, 15) is 4.79 Å². The molecule has 0 saturated carbocycles. The van der Waals surface area contributed by atoms with Gasteiger partial charge in [-0.2, -0.15) is 0 Å². The van der Waals surface area contributed by atoms with Gasteiger partial charge in [0.25, 0.3) is 0 Å². The molecule has 0 spiro atoms. The molecule has 22 heavy (non-hydrogen) atoms. The predicted molar refractivity (Wildman–Crippen MR) is 92.3 cm³/mol. The van der Waals surface area contributed by atoms with Gasteiger partial charge in [0.15, 0.2) is 0 Å². The van der Waals surface area contributed by atoms with Gasteiger partial charge in [0.05, 0.1) is 0 Å². The van der Waals surface area contributed by atoms with Gasteiger partial charge in [0, 0.05) is 29.9 Å². The smallest absolute Gasteiger partial charge is 0.222 e. The van der Waals surface area contributed by atoms with Gasteiger partial charge in [-0.15, -0.1) is 11.3 Å². The van der Waals surface area contributed by atoms with E-state index in [0.717, 1.165) is 25.9 Å². The molecular weight excluding hydrogens is 292 g/mol. The summed E-state index contributed by atoms with van der Waals surface area (Å²) in [6.45, 7) is 5.58. The van der Waals surface area contributed by atoms with Gasteiger partial charge in [0.1, 0.15) is 0 Å². The monoisotopic (exact) mass is 320 g/mol. The fraction of sp³-hybridized carbons (Fsp3) is 0.722. The van der Waals surface area contributed by atoms with Crippen LogP contribution in [-0.2, 0) is 11.2 Å². The Labute approximate surface area is 138 Å². The van der Waals surface area contributed by atoms with Crippen LogP contribution in [0, 0.1) is 0 Å². The highest BCUT2D eigenvalue weighted by Gasteiger charge is 2.38. The van der Waals surface area contributed by atoms with Crippen molar-refractivity contribution in [3.05, 3.63) is 22.4 Å². The fourth-order valence-electron chi connectivity index (χ4n) is 4.19. The molecular formula is C18H28N2OS. The molecule has 122 valence electrons. The first-order valence-electron chi connectivity index (χ1n) is 8.85. The molecule has 0 bridgehead atoms. The Bertz CT molecular complexity index is 473. The summed E-state index contributed by atoms with van der Waals surface area (Å²) in [5, 5.41) is 2.12. The van der Waals surface area contributed by atoms with Gasteiger partial charge in [-0.3, -0.25) is 9.69 Å². The lowest BCUT2D eigenvalue weighted by Crippen LogP contribution is -2.48. The molecule has 0 radical (unpaired) electrons. The maximum atomic E-state index is 12.6. The number of rotatable bonds is 6. The quantitative estimate of drug-likeness (QED) is 0.800. The molecule has 1 amide bonds. The van der Waals surface area contributed by atoms with E-state index in [4.69, 9.17) is 0 Å². The largest absolute Gasteiger partial charge is 0.338 e. The highest BCUT2D eigenvalue weighted by atomic mass is 32.1. The summed E-state index contributed by atoms with van der Waals surface area (Å²) < 4.78 is 0. The van der Waals surface area contributed by atoms with E-state index < -0.39 is 0 Å². The zero-order valence-corrected chi connectivity index (χ0v) is 14.5. The van der Waals surface area contributed by atoms with Crippen molar-refractivity contribution in [1.29, 1.82) is 0 Å². The fourth-order valence-corrected chi connectivity index (χ4v) is 4.95. The molecule has 3 nitrogen and oxygen atoms in total. The summed E-state index contributed by atoms with van der Waals surface area (Å²) in [7, 11) is 0. The van der Waals surface area contributed by atoms with E-state index in [1.165, 1.54) is 37.1 Å². The van der Waals surface area contributed by atoms with Gasteiger partial charge in [-0.25, -0.2) is 0 Å². The van der Waals surface area contributed by atoms with Gasteiger partial charge in [0.2, 0.25) is 5.91 Å².